The average Bonchev–Trinajstić information content (AvgIpc) is 2.03. The van der Waals surface area contributed by atoms with Gasteiger partial charge in [0.15, 0.2) is 0 Å². The highest BCUT2D eigenvalue weighted by Crippen LogP contribution is 2.23. The van der Waals surface area contributed by atoms with Gasteiger partial charge in [0, 0.05) is 17.7 Å². The van der Waals surface area contributed by atoms with Crippen molar-refractivity contribution in [1.82, 2.24) is 0 Å². The molecule has 4 nitrogen and oxygen atoms in total. The molecule has 0 heterocycles. The SMILES string of the molecule is CC(N)c1cccc([N+](=O)[O-])c1F. The molecule has 0 spiro atoms. The van der Waals surface area contributed by atoms with Gasteiger partial charge in [-0.2, -0.15) is 4.39 Å². The van der Waals surface area contributed by atoms with E-state index < -0.39 is 22.5 Å². The molecule has 0 aromatic heterocycles. The maximum atomic E-state index is 13.3. The number of nitrogens with zero attached hydrogens (tertiary/aromatic N) is 1. The molecule has 0 bridgehead atoms. The molecular weight excluding hydrogens is 175 g/mol. The molecule has 70 valence electrons. The molecule has 0 amide bonds. The van der Waals surface area contributed by atoms with Gasteiger partial charge in [-0.1, -0.05) is 12.1 Å². The van der Waals surface area contributed by atoms with Crippen LogP contribution in [-0.2, 0) is 0 Å². The number of hydrogen-bond donors (Lipinski definition) is 1. The van der Waals surface area contributed by atoms with E-state index in [1.807, 2.05) is 0 Å². The lowest BCUT2D eigenvalue weighted by Crippen LogP contribution is -2.08. The van der Waals surface area contributed by atoms with E-state index in [0.29, 0.717) is 0 Å². The third-order valence-electron chi connectivity index (χ3n) is 1.70. The second-order valence-corrected chi connectivity index (χ2v) is 2.73. The van der Waals surface area contributed by atoms with E-state index >= 15 is 0 Å². The Bertz CT molecular complexity index is 339. The summed E-state index contributed by atoms with van der Waals surface area (Å²) < 4.78 is 13.3. The van der Waals surface area contributed by atoms with E-state index in [2.05, 4.69) is 0 Å². The van der Waals surface area contributed by atoms with Crippen molar-refractivity contribution in [2.24, 2.45) is 5.73 Å². The van der Waals surface area contributed by atoms with Crippen molar-refractivity contribution < 1.29 is 9.31 Å². The molecule has 0 saturated heterocycles. The molecule has 0 aliphatic rings. The molecule has 0 aliphatic heterocycles. The van der Waals surface area contributed by atoms with Gasteiger partial charge < -0.3 is 5.73 Å². The topological polar surface area (TPSA) is 69.2 Å². The average molecular weight is 184 g/mol. The fraction of sp³-hybridized carbons (Fsp3) is 0.250. The van der Waals surface area contributed by atoms with Gasteiger partial charge in [-0.15, -0.1) is 0 Å². The predicted octanol–water partition coefficient (Wildman–Crippen LogP) is 1.75. The van der Waals surface area contributed by atoms with Crippen LogP contribution in [0.15, 0.2) is 18.2 Å². The first-order chi connectivity index (χ1) is 6.04. The van der Waals surface area contributed by atoms with E-state index in [4.69, 9.17) is 5.73 Å². The highest BCUT2D eigenvalue weighted by atomic mass is 19.1. The minimum atomic E-state index is -0.845. The molecule has 1 rings (SSSR count). The maximum absolute atomic E-state index is 13.3. The Labute approximate surface area is 74.3 Å². The zero-order valence-electron chi connectivity index (χ0n) is 7.03. The molecule has 0 radical (unpaired) electrons. The standard InChI is InChI=1S/C8H9FN2O2/c1-5(10)6-3-2-4-7(8(6)9)11(12)13/h2-5H,10H2,1H3. The third kappa shape index (κ3) is 1.81. The quantitative estimate of drug-likeness (QED) is 0.562. The van der Waals surface area contributed by atoms with Crippen molar-refractivity contribution in [3.63, 3.8) is 0 Å². The maximum Gasteiger partial charge on any atom is 0.305 e. The number of nitrogens with two attached hydrogens (primary N) is 1. The molecule has 0 aliphatic carbocycles. The molecule has 0 saturated carbocycles. The molecule has 5 heteroatoms. The van der Waals surface area contributed by atoms with Gasteiger partial charge >= 0.3 is 5.69 Å². The summed E-state index contributed by atoms with van der Waals surface area (Å²) in [6.07, 6.45) is 0. The van der Waals surface area contributed by atoms with Crippen LogP contribution in [0.2, 0.25) is 0 Å². The summed E-state index contributed by atoms with van der Waals surface area (Å²) in [5.41, 5.74) is 5.05. The second kappa shape index (κ2) is 3.49. The normalized spacial score (nSPS) is 12.5. The van der Waals surface area contributed by atoms with Crippen molar-refractivity contribution in [1.29, 1.82) is 0 Å². The van der Waals surface area contributed by atoms with Crippen LogP contribution in [-0.4, -0.2) is 4.92 Å². The lowest BCUT2D eigenvalue weighted by atomic mass is 10.1. The van der Waals surface area contributed by atoms with Crippen molar-refractivity contribution in [3.05, 3.63) is 39.7 Å². The number of nitro benzene ring substituents is 1. The largest absolute Gasteiger partial charge is 0.324 e. The molecule has 1 aromatic carbocycles. The summed E-state index contributed by atoms with van der Waals surface area (Å²) >= 11 is 0. The molecule has 1 unspecified atom stereocenters. The summed E-state index contributed by atoms with van der Waals surface area (Å²) in [7, 11) is 0. The van der Waals surface area contributed by atoms with Crippen molar-refractivity contribution in [3.8, 4) is 0 Å². The highest BCUT2D eigenvalue weighted by molar-refractivity contribution is 5.37. The summed E-state index contributed by atoms with van der Waals surface area (Å²) in [5, 5.41) is 10.3. The van der Waals surface area contributed by atoms with Gasteiger partial charge in [-0.25, -0.2) is 0 Å². The van der Waals surface area contributed by atoms with Crippen LogP contribution >= 0.6 is 0 Å². The monoisotopic (exact) mass is 184 g/mol. The number of nitro groups is 1. The van der Waals surface area contributed by atoms with Gasteiger partial charge in [0.2, 0.25) is 5.82 Å². The highest BCUT2D eigenvalue weighted by Gasteiger charge is 2.18. The van der Waals surface area contributed by atoms with Crippen molar-refractivity contribution >= 4 is 5.69 Å². The first-order valence-corrected chi connectivity index (χ1v) is 3.72. The molecule has 13 heavy (non-hydrogen) atoms. The molecule has 1 aromatic rings. The summed E-state index contributed by atoms with van der Waals surface area (Å²) in [6.45, 7) is 1.57. The Morgan fingerprint density at radius 1 is 1.62 bits per heavy atom. The Morgan fingerprint density at radius 3 is 2.69 bits per heavy atom. The zero-order chi connectivity index (χ0) is 10.0. The third-order valence-corrected chi connectivity index (χ3v) is 1.70. The van der Waals surface area contributed by atoms with Crippen LogP contribution in [0.3, 0.4) is 0 Å². The van der Waals surface area contributed by atoms with Gasteiger partial charge in [-0.3, -0.25) is 10.1 Å². The first-order valence-electron chi connectivity index (χ1n) is 3.72. The van der Waals surface area contributed by atoms with E-state index in [0.717, 1.165) is 6.07 Å². The summed E-state index contributed by atoms with van der Waals surface area (Å²) in [5.74, 6) is -0.845. The first kappa shape index (κ1) is 9.60. The van der Waals surface area contributed by atoms with Crippen LogP contribution < -0.4 is 5.73 Å². The van der Waals surface area contributed by atoms with E-state index in [1.165, 1.54) is 12.1 Å². The van der Waals surface area contributed by atoms with E-state index in [1.54, 1.807) is 6.92 Å². The molecular formula is C8H9FN2O2. The van der Waals surface area contributed by atoms with Crippen LogP contribution in [0, 0.1) is 15.9 Å². The fourth-order valence-corrected chi connectivity index (χ4v) is 1.03. The van der Waals surface area contributed by atoms with Crippen LogP contribution in [0.1, 0.15) is 18.5 Å². The molecule has 1 atom stereocenters. The Hall–Kier alpha value is -1.49. The van der Waals surface area contributed by atoms with Crippen molar-refractivity contribution in [2.75, 3.05) is 0 Å². The lowest BCUT2D eigenvalue weighted by Gasteiger charge is -2.05. The van der Waals surface area contributed by atoms with Gasteiger partial charge in [0.1, 0.15) is 0 Å². The Kier molecular flexibility index (Phi) is 2.57. The van der Waals surface area contributed by atoms with E-state index in [-0.39, 0.29) is 5.56 Å². The Morgan fingerprint density at radius 2 is 2.23 bits per heavy atom. The van der Waals surface area contributed by atoms with Crippen LogP contribution in [0.4, 0.5) is 10.1 Å². The van der Waals surface area contributed by atoms with Gasteiger partial charge in [0.05, 0.1) is 4.92 Å². The fourth-order valence-electron chi connectivity index (χ4n) is 1.03. The number of rotatable bonds is 2. The van der Waals surface area contributed by atoms with Crippen molar-refractivity contribution in [2.45, 2.75) is 13.0 Å². The predicted molar refractivity (Wildman–Crippen MR) is 45.7 cm³/mol. The number of halogens is 1. The minimum absolute atomic E-state index is 0.161. The summed E-state index contributed by atoms with van der Waals surface area (Å²) in [4.78, 5) is 9.56. The second-order valence-electron chi connectivity index (χ2n) is 2.73. The Balaban J connectivity index is 3.26. The zero-order valence-corrected chi connectivity index (χ0v) is 7.03. The smallest absolute Gasteiger partial charge is 0.305 e. The lowest BCUT2D eigenvalue weighted by molar-refractivity contribution is -0.387. The molecule has 2 N–H and O–H groups in total. The number of hydrogen-bond acceptors (Lipinski definition) is 3. The number of benzene rings is 1. The van der Waals surface area contributed by atoms with Gasteiger partial charge in [-0.05, 0) is 6.92 Å². The van der Waals surface area contributed by atoms with Gasteiger partial charge in [0.25, 0.3) is 0 Å². The van der Waals surface area contributed by atoms with E-state index in [9.17, 15) is 14.5 Å². The molecule has 0 fully saturated rings. The summed E-state index contributed by atoms with van der Waals surface area (Å²) in [6, 6.07) is 3.42. The van der Waals surface area contributed by atoms with Crippen LogP contribution in [0.5, 0.6) is 0 Å². The minimum Gasteiger partial charge on any atom is -0.324 e. The van der Waals surface area contributed by atoms with Crippen LogP contribution in [0.25, 0.3) is 0 Å².